The van der Waals surface area contributed by atoms with Crippen molar-refractivity contribution in [3.05, 3.63) is 68.7 Å². The Bertz CT molecular complexity index is 703. The lowest BCUT2D eigenvalue weighted by atomic mass is 10.1. The topological polar surface area (TPSA) is 92.5 Å². The molecule has 2 rings (SSSR count). The average Bonchev–Trinajstić information content (AvgIpc) is 2.45. The maximum atomic E-state index is 11.3. The maximum Gasteiger partial charge on any atom is 0.343 e. The summed E-state index contributed by atoms with van der Waals surface area (Å²) in [6.45, 7) is 0.118. The molecule has 0 aliphatic rings. The third-order valence-corrected chi connectivity index (χ3v) is 3.21. The zero-order valence-electron chi connectivity index (χ0n) is 10.7. The van der Waals surface area contributed by atoms with E-state index in [9.17, 15) is 20.0 Å². The first-order valence-electron chi connectivity index (χ1n) is 5.98. The lowest BCUT2D eigenvalue weighted by molar-refractivity contribution is -0.385. The fraction of sp³-hybridized carbons (Fsp3) is 0.0714. The maximum absolute atomic E-state index is 11.3. The van der Waals surface area contributed by atoms with Gasteiger partial charge in [0.25, 0.3) is 5.69 Å². The van der Waals surface area contributed by atoms with Gasteiger partial charge in [0.2, 0.25) is 0 Å². The van der Waals surface area contributed by atoms with E-state index in [0.29, 0.717) is 16.3 Å². The number of nitro benzene ring substituents is 1. The van der Waals surface area contributed by atoms with Gasteiger partial charge in [-0.15, -0.1) is 0 Å². The van der Waals surface area contributed by atoms with Gasteiger partial charge in [-0.25, -0.2) is 4.79 Å². The number of nitrogens with one attached hydrogen (secondary N) is 1. The monoisotopic (exact) mass is 306 g/mol. The summed E-state index contributed by atoms with van der Waals surface area (Å²) in [5, 5.41) is 23.6. The van der Waals surface area contributed by atoms with Crippen LogP contribution in [0.2, 0.25) is 5.02 Å². The van der Waals surface area contributed by atoms with Crippen molar-refractivity contribution in [2.75, 3.05) is 5.32 Å². The van der Waals surface area contributed by atoms with Gasteiger partial charge in [-0.1, -0.05) is 35.9 Å². The van der Waals surface area contributed by atoms with Crippen molar-refractivity contribution in [3.63, 3.8) is 0 Å². The van der Waals surface area contributed by atoms with Crippen LogP contribution in [-0.2, 0) is 6.54 Å². The Labute approximate surface area is 125 Å². The summed E-state index contributed by atoms with van der Waals surface area (Å²) in [6, 6.07) is 11.1. The molecule has 7 heteroatoms. The van der Waals surface area contributed by atoms with E-state index in [4.69, 9.17) is 11.6 Å². The molecule has 6 nitrogen and oxygen atoms in total. The average molecular weight is 307 g/mol. The first-order valence-corrected chi connectivity index (χ1v) is 6.36. The van der Waals surface area contributed by atoms with E-state index in [1.807, 2.05) is 0 Å². The molecule has 2 aromatic carbocycles. The second kappa shape index (κ2) is 6.23. The number of nitro groups is 1. The van der Waals surface area contributed by atoms with Crippen LogP contribution in [0.25, 0.3) is 0 Å². The lowest BCUT2D eigenvalue weighted by Gasteiger charge is -2.10. The van der Waals surface area contributed by atoms with Crippen molar-refractivity contribution in [1.82, 2.24) is 0 Å². The number of para-hydroxylation sites is 1. The highest BCUT2D eigenvalue weighted by Crippen LogP contribution is 2.25. The number of hydrogen-bond acceptors (Lipinski definition) is 4. The van der Waals surface area contributed by atoms with Crippen LogP contribution in [0.1, 0.15) is 15.9 Å². The van der Waals surface area contributed by atoms with Gasteiger partial charge in [0.05, 0.1) is 15.6 Å². The minimum atomic E-state index is -1.33. The largest absolute Gasteiger partial charge is 0.477 e. The third-order valence-electron chi connectivity index (χ3n) is 2.88. The number of anilines is 1. The molecule has 0 aromatic heterocycles. The number of rotatable bonds is 5. The molecule has 0 spiro atoms. The van der Waals surface area contributed by atoms with Gasteiger partial charge in [-0.05, 0) is 17.7 Å². The van der Waals surface area contributed by atoms with E-state index in [0.717, 1.165) is 0 Å². The number of carboxylic acid groups (broad SMARTS) is 1. The SMILES string of the molecule is O=C(O)c1c(CNc2ccccc2Cl)cccc1[N+](=O)[O-]. The smallest absolute Gasteiger partial charge is 0.343 e. The summed E-state index contributed by atoms with van der Waals surface area (Å²) in [6.07, 6.45) is 0. The zero-order chi connectivity index (χ0) is 15.4. The van der Waals surface area contributed by atoms with Gasteiger partial charge < -0.3 is 10.4 Å². The molecular formula is C14H11ClN2O4. The second-order valence-corrected chi connectivity index (χ2v) is 4.61. The van der Waals surface area contributed by atoms with Gasteiger partial charge in [-0.2, -0.15) is 0 Å². The lowest BCUT2D eigenvalue weighted by Crippen LogP contribution is -2.10. The fourth-order valence-electron chi connectivity index (χ4n) is 1.93. The van der Waals surface area contributed by atoms with Crippen molar-refractivity contribution in [3.8, 4) is 0 Å². The Kier molecular flexibility index (Phi) is 4.39. The minimum absolute atomic E-state index is 0.118. The van der Waals surface area contributed by atoms with Crippen molar-refractivity contribution in [2.45, 2.75) is 6.54 Å². The molecule has 0 radical (unpaired) electrons. The van der Waals surface area contributed by atoms with Crippen LogP contribution in [0.5, 0.6) is 0 Å². The first-order chi connectivity index (χ1) is 10.0. The number of carbonyl (C=O) groups is 1. The minimum Gasteiger partial charge on any atom is -0.477 e. The Hall–Kier alpha value is -2.60. The van der Waals surface area contributed by atoms with E-state index in [-0.39, 0.29) is 12.1 Å². The molecule has 0 aliphatic carbocycles. The van der Waals surface area contributed by atoms with Crippen LogP contribution in [0.3, 0.4) is 0 Å². The van der Waals surface area contributed by atoms with Gasteiger partial charge in [0, 0.05) is 12.6 Å². The van der Waals surface area contributed by atoms with E-state index >= 15 is 0 Å². The van der Waals surface area contributed by atoms with Crippen LogP contribution in [0.15, 0.2) is 42.5 Å². The number of benzene rings is 2. The Morgan fingerprint density at radius 3 is 2.57 bits per heavy atom. The quantitative estimate of drug-likeness (QED) is 0.651. The Morgan fingerprint density at radius 1 is 1.24 bits per heavy atom. The molecule has 0 heterocycles. The predicted octanol–water partition coefficient (Wildman–Crippen LogP) is 3.56. The van der Waals surface area contributed by atoms with Crippen molar-refractivity contribution in [1.29, 1.82) is 0 Å². The molecule has 0 unspecified atom stereocenters. The van der Waals surface area contributed by atoms with Crippen molar-refractivity contribution < 1.29 is 14.8 Å². The molecule has 0 bridgehead atoms. The summed E-state index contributed by atoms with van der Waals surface area (Å²) >= 11 is 5.99. The van der Waals surface area contributed by atoms with Crippen molar-refractivity contribution in [2.24, 2.45) is 0 Å². The van der Waals surface area contributed by atoms with Crippen LogP contribution < -0.4 is 5.32 Å². The number of halogens is 1. The third kappa shape index (κ3) is 3.29. The molecule has 2 aromatic rings. The Balaban J connectivity index is 2.32. The van der Waals surface area contributed by atoms with Crippen LogP contribution in [-0.4, -0.2) is 16.0 Å². The highest BCUT2D eigenvalue weighted by atomic mass is 35.5. The van der Waals surface area contributed by atoms with E-state index in [1.54, 1.807) is 24.3 Å². The molecule has 0 aliphatic heterocycles. The van der Waals surface area contributed by atoms with Gasteiger partial charge >= 0.3 is 5.97 Å². The molecule has 108 valence electrons. The summed E-state index contributed by atoms with van der Waals surface area (Å²) in [5.41, 5.74) is 0.196. The van der Waals surface area contributed by atoms with Gasteiger partial charge in [-0.3, -0.25) is 10.1 Å². The Morgan fingerprint density at radius 2 is 1.95 bits per heavy atom. The summed E-state index contributed by atoms with van der Waals surface area (Å²) in [5.74, 6) is -1.33. The molecule has 0 saturated heterocycles. The highest BCUT2D eigenvalue weighted by molar-refractivity contribution is 6.33. The molecule has 21 heavy (non-hydrogen) atoms. The number of nitrogens with zero attached hydrogens (tertiary/aromatic N) is 1. The second-order valence-electron chi connectivity index (χ2n) is 4.21. The molecule has 0 fully saturated rings. The standard InChI is InChI=1S/C14H11ClN2O4/c15-10-5-1-2-6-11(10)16-8-9-4-3-7-12(17(20)21)13(9)14(18)19/h1-7,16H,8H2,(H,18,19). The van der Waals surface area contributed by atoms with E-state index in [1.165, 1.54) is 18.2 Å². The molecule has 2 N–H and O–H groups in total. The normalized spacial score (nSPS) is 10.1. The van der Waals surface area contributed by atoms with Crippen molar-refractivity contribution >= 4 is 28.9 Å². The number of carboxylic acids is 1. The first kappa shape index (κ1) is 14.8. The molecule has 0 saturated carbocycles. The van der Waals surface area contributed by atoms with Crippen LogP contribution in [0, 0.1) is 10.1 Å². The predicted molar refractivity (Wildman–Crippen MR) is 78.8 cm³/mol. The van der Waals surface area contributed by atoms with Gasteiger partial charge in [0.15, 0.2) is 0 Å². The number of aromatic carboxylic acids is 1. The van der Waals surface area contributed by atoms with Gasteiger partial charge in [0.1, 0.15) is 5.56 Å². The molecule has 0 atom stereocenters. The highest BCUT2D eigenvalue weighted by Gasteiger charge is 2.23. The van der Waals surface area contributed by atoms with E-state index < -0.39 is 16.6 Å². The zero-order valence-corrected chi connectivity index (χ0v) is 11.5. The summed E-state index contributed by atoms with van der Waals surface area (Å²) in [7, 11) is 0. The molecular weight excluding hydrogens is 296 g/mol. The summed E-state index contributed by atoms with van der Waals surface area (Å²) < 4.78 is 0. The number of hydrogen-bond donors (Lipinski definition) is 2. The van der Waals surface area contributed by atoms with E-state index in [2.05, 4.69) is 5.32 Å². The fourth-order valence-corrected chi connectivity index (χ4v) is 2.13. The van der Waals surface area contributed by atoms with Crippen LogP contribution in [0.4, 0.5) is 11.4 Å². The van der Waals surface area contributed by atoms with Crippen LogP contribution >= 0.6 is 11.6 Å². The molecule has 0 amide bonds. The summed E-state index contributed by atoms with van der Waals surface area (Å²) in [4.78, 5) is 21.5.